The van der Waals surface area contributed by atoms with Gasteiger partial charge in [0, 0.05) is 22.7 Å². The lowest BCUT2D eigenvalue weighted by Gasteiger charge is -1.96. The first-order valence-electron chi connectivity index (χ1n) is 11.4. The number of carboxylic acid groups (broad SMARTS) is 4. The second kappa shape index (κ2) is 19.1. The van der Waals surface area contributed by atoms with Crippen molar-refractivity contribution in [2.75, 3.05) is 21.3 Å². The molecule has 4 aromatic carbocycles. The number of rotatable bonds is 4. The molecule has 8 N–H and O–H groups in total. The van der Waals surface area contributed by atoms with Gasteiger partial charge in [0.15, 0.2) is 0 Å². The highest BCUT2D eigenvalue weighted by atomic mass is 16.4. The number of hydrogen-bond donors (Lipinski definition) is 8. The van der Waals surface area contributed by atoms with Crippen molar-refractivity contribution in [1.82, 2.24) is 0 Å². The smallest absolute Gasteiger partial charge is 0.409 e. The summed E-state index contributed by atoms with van der Waals surface area (Å²) in [7, 11) is 0. The minimum Gasteiger partial charge on any atom is -0.465 e. The molecule has 40 heavy (non-hydrogen) atoms. The summed E-state index contributed by atoms with van der Waals surface area (Å²) >= 11 is 0. The van der Waals surface area contributed by atoms with Crippen molar-refractivity contribution in [1.29, 1.82) is 0 Å². The number of benzene rings is 4. The van der Waals surface area contributed by atoms with Gasteiger partial charge < -0.3 is 20.4 Å². The highest BCUT2D eigenvalue weighted by Crippen LogP contribution is 2.05. The molecule has 4 rings (SSSR count). The van der Waals surface area contributed by atoms with Crippen LogP contribution < -0.4 is 21.3 Å². The van der Waals surface area contributed by atoms with Crippen molar-refractivity contribution >= 4 is 47.1 Å². The molecule has 0 bridgehead atoms. The molecular weight excluding hydrogens is 520 g/mol. The first-order valence-corrected chi connectivity index (χ1v) is 11.4. The molecule has 0 aliphatic carbocycles. The SMILES string of the molecule is O=C(O)Nc1ccccc1.O=C(O)Nc1ccccc1.O=C(O)Nc1ccccc1.O=C(O)Nc1ccccc1. The molecular formula is C28H28N4O8. The lowest BCUT2D eigenvalue weighted by Crippen LogP contribution is -2.06. The normalized spacial score (nSPS) is 8.80. The lowest BCUT2D eigenvalue weighted by atomic mass is 10.3. The molecule has 208 valence electrons. The van der Waals surface area contributed by atoms with Gasteiger partial charge in [-0.15, -0.1) is 0 Å². The molecule has 0 aliphatic heterocycles. The molecule has 12 heteroatoms. The van der Waals surface area contributed by atoms with Gasteiger partial charge >= 0.3 is 24.4 Å². The van der Waals surface area contributed by atoms with E-state index in [0.717, 1.165) is 0 Å². The third-order valence-corrected chi connectivity index (χ3v) is 4.10. The molecule has 0 unspecified atom stereocenters. The van der Waals surface area contributed by atoms with E-state index < -0.39 is 24.4 Å². The summed E-state index contributed by atoms with van der Waals surface area (Å²) in [4.78, 5) is 40.2. The summed E-state index contributed by atoms with van der Waals surface area (Å²) in [6.45, 7) is 0. The van der Waals surface area contributed by atoms with Crippen LogP contribution in [0, 0.1) is 0 Å². The fraction of sp³-hybridized carbons (Fsp3) is 0. The summed E-state index contributed by atoms with van der Waals surface area (Å²) in [5.74, 6) is 0. The fourth-order valence-corrected chi connectivity index (χ4v) is 2.58. The van der Waals surface area contributed by atoms with Crippen molar-refractivity contribution in [3.05, 3.63) is 121 Å². The van der Waals surface area contributed by atoms with Gasteiger partial charge in [0.1, 0.15) is 0 Å². The van der Waals surface area contributed by atoms with Crippen LogP contribution in [-0.2, 0) is 0 Å². The van der Waals surface area contributed by atoms with Crippen molar-refractivity contribution in [2.24, 2.45) is 0 Å². The molecule has 0 heterocycles. The monoisotopic (exact) mass is 548 g/mol. The van der Waals surface area contributed by atoms with Crippen LogP contribution in [-0.4, -0.2) is 44.8 Å². The molecule has 0 atom stereocenters. The van der Waals surface area contributed by atoms with E-state index in [0.29, 0.717) is 22.7 Å². The number of para-hydroxylation sites is 4. The van der Waals surface area contributed by atoms with Gasteiger partial charge in [0.2, 0.25) is 0 Å². The lowest BCUT2D eigenvalue weighted by molar-refractivity contribution is 0.208. The summed E-state index contributed by atoms with van der Waals surface area (Å²) in [6, 6.07) is 35.0. The highest BCUT2D eigenvalue weighted by Gasteiger charge is 1.95. The van der Waals surface area contributed by atoms with E-state index in [2.05, 4.69) is 21.3 Å². The van der Waals surface area contributed by atoms with Gasteiger partial charge in [-0.2, -0.15) is 0 Å². The van der Waals surface area contributed by atoms with Crippen molar-refractivity contribution in [2.45, 2.75) is 0 Å². The maximum atomic E-state index is 10.1. The Morgan fingerprint density at radius 1 is 0.325 bits per heavy atom. The summed E-state index contributed by atoms with van der Waals surface area (Å²) in [5.41, 5.74) is 2.37. The molecule has 0 radical (unpaired) electrons. The molecule has 0 saturated carbocycles. The number of anilines is 4. The van der Waals surface area contributed by atoms with Gasteiger partial charge in [0.05, 0.1) is 0 Å². The molecule has 0 aromatic heterocycles. The van der Waals surface area contributed by atoms with Crippen molar-refractivity contribution < 1.29 is 39.6 Å². The Balaban J connectivity index is 0.000000267. The van der Waals surface area contributed by atoms with Gasteiger partial charge in [-0.25, -0.2) is 19.2 Å². The average molecular weight is 549 g/mol. The summed E-state index contributed by atoms with van der Waals surface area (Å²) in [6.07, 6.45) is -4.14. The van der Waals surface area contributed by atoms with E-state index in [1.54, 1.807) is 97.1 Å². The summed E-state index contributed by atoms with van der Waals surface area (Å²) < 4.78 is 0. The largest absolute Gasteiger partial charge is 0.465 e. The molecule has 0 spiro atoms. The van der Waals surface area contributed by atoms with E-state index in [9.17, 15) is 19.2 Å². The molecule has 0 aliphatic rings. The van der Waals surface area contributed by atoms with Gasteiger partial charge in [-0.3, -0.25) is 21.3 Å². The topological polar surface area (TPSA) is 197 Å². The van der Waals surface area contributed by atoms with Gasteiger partial charge in [0.25, 0.3) is 0 Å². The number of hydrogen-bond acceptors (Lipinski definition) is 4. The van der Waals surface area contributed by atoms with E-state index in [4.69, 9.17) is 20.4 Å². The highest BCUT2D eigenvalue weighted by molar-refractivity contribution is 5.84. The molecule has 12 nitrogen and oxygen atoms in total. The Hall–Kier alpha value is -6.04. The molecule has 4 aromatic rings. The zero-order chi connectivity index (χ0) is 29.6. The van der Waals surface area contributed by atoms with E-state index in [1.165, 1.54) is 0 Å². The average Bonchev–Trinajstić information content (AvgIpc) is 2.91. The van der Waals surface area contributed by atoms with Gasteiger partial charge in [-0.05, 0) is 48.5 Å². The van der Waals surface area contributed by atoms with Crippen LogP contribution in [0.4, 0.5) is 41.9 Å². The maximum Gasteiger partial charge on any atom is 0.409 e. The van der Waals surface area contributed by atoms with Crippen LogP contribution in [0.25, 0.3) is 0 Å². The van der Waals surface area contributed by atoms with Crippen LogP contribution >= 0.6 is 0 Å². The predicted molar refractivity (Wildman–Crippen MR) is 152 cm³/mol. The predicted octanol–water partition coefficient (Wildman–Crippen LogP) is 7.11. The van der Waals surface area contributed by atoms with E-state index in [1.807, 2.05) is 24.3 Å². The van der Waals surface area contributed by atoms with Crippen LogP contribution in [0.5, 0.6) is 0 Å². The van der Waals surface area contributed by atoms with Crippen LogP contribution in [0.15, 0.2) is 121 Å². The van der Waals surface area contributed by atoms with Crippen molar-refractivity contribution in [3.63, 3.8) is 0 Å². The van der Waals surface area contributed by atoms with Gasteiger partial charge in [-0.1, -0.05) is 72.8 Å². The quantitative estimate of drug-likeness (QED) is 0.132. The molecule has 0 fully saturated rings. The van der Waals surface area contributed by atoms with Crippen LogP contribution in [0.1, 0.15) is 0 Å². The van der Waals surface area contributed by atoms with Crippen molar-refractivity contribution in [3.8, 4) is 0 Å². The van der Waals surface area contributed by atoms with Crippen LogP contribution in [0.3, 0.4) is 0 Å². The Morgan fingerprint density at radius 3 is 0.600 bits per heavy atom. The first kappa shape index (κ1) is 32.0. The molecule has 4 amide bonds. The first-order chi connectivity index (χ1) is 19.2. The minimum atomic E-state index is -1.04. The molecule has 0 saturated heterocycles. The zero-order valence-corrected chi connectivity index (χ0v) is 21.0. The Kier molecular flexibility index (Phi) is 15.3. The van der Waals surface area contributed by atoms with E-state index in [-0.39, 0.29) is 0 Å². The minimum absolute atomic E-state index is 0.593. The standard InChI is InChI=1S/4C7H7NO2/c4*9-7(10)8-6-4-2-1-3-5-6/h4*1-5,8H,(H,9,10). The number of carbonyl (C=O) groups is 4. The number of nitrogens with one attached hydrogen (secondary N) is 4. The summed E-state index contributed by atoms with van der Waals surface area (Å²) in [5, 5.41) is 41.9. The Morgan fingerprint density at radius 2 is 0.475 bits per heavy atom. The van der Waals surface area contributed by atoms with Crippen LogP contribution in [0.2, 0.25) is 0 Å². The number of amides is 4. The maximum absolute atomic E-state index is 10.1. The second-order valence-corrected chi connectivity index (χ2v) is 7.18. The third-order valence-electron chi connectivity index (χ3n) is 4.10. The second-order valence-electron chi connectivity index (χ2n) is 7.18. The third kappa shape index (κ3) is 17.4. The Labute approximate surface area is 229 Å². The fourth-order valence-electron chi connectivity index (χ4n) is 2.58. The van der Waals surface area contributed by atoms with E-state index >= 15 is 0 Å². The zero-order valence-electron chi connectivity index (χ0n) is 21.0. The Bertz CT molecular complexity index is 1090.